The molecular weight excluding hydrogens is 1880 g/mol. The molecule has 26 nitrogen and oxygen atoms in total. The predicted molar refractivity (Wildman–Crippen MR) is 566 cm³/mol. The minimum absolute atomic E-state index is 0.000741. The molecule has 30 fully saturated rings. The van der Waals surface area contributed by atoms with Crippen LogP contribution in [0.1, 0.15) is 401 Å². The molecule has 0 spiro atoms. The predicted octanol–water partition coefficient (Wildman–Crippen LogP) is 16.0. The lowest BCUT2D eigenvalue weighted by Crippen LogP contribution is -2.63. The van der Waals surface area contributed by atoms with Crippen LogP contribution in [0.3, 0.4) is 0 Å². The Morgan fingerprint density at radius 2 is 0.597 bits per heavy atom. The smallest absolute Gasteiger partial charge is 0.261 e. The van der Waals surface area contributed by atoms with E-state index in [2.05, 4.69) is 115 Å². The third-order valence-corrected chi connectivity index (χ3v) is 50.2. The second-order valence-corrected chi connectivity index (χ2v) is 56.2. The van der Waals surface area contributed by atoms with Crippen LogP contribution in [0.2, 0.25) is 0 Å². The van der Waals surface area contributed by atoms with E-state index in [0.29, 0.717) is 121 Å². The Labute approximate surface area is 885 Å². The van der Waals surface area contributed by atoms with Crippen LogP contribution in [0.5, 0.6) is 0 Å². The maximum absolute atomic E-state index is 15.3. The molecule has 16 saturated carbocycles. The van der Waals surface area contributed by atoms with Gasteiger partial charge in [0.2, 0.25) is 35.4 Å². The van der Waals surface area contributed by atoms with Gasteiger partial charge in [0.25, 0.3) is 23.6 Å². The molecule has 2 aromatic rings. The average molecular weight is 2060 g/mol. The first-order valence-corrected chi connectivity index (χ1v) is 60.3. The number of nitrogens with zero attached hydrogens (tertiary/aromatic N) is 2. The first-order chi connectivity index (χ1) is 70.8. The standard InChI is InChI=1S/C123H184N8O18/c1-14-15-49-130-112(146)75-24-26-77-106-78(27-25-76(105(75)106)113(130)147)115(149)131(114(77)148)50-17-19-100(140)124-48-16-18-91-111(145)128-74-43-47-119(9)70(54-74)58-95(135)110-86-34-30-81(122(86,12)99(139)62-90(110)119)65(4)22-38-103(143)126-72-41-45-117(7)68(52-72)56-93(133)108-84-32-28-79(120(84,10)97(137)60-88(108)117)63(2)20-36-101(141)125-71-40-44-116(6)67(51-71)55-92(132)107-83-33-29-80(121(83,11)96(136)59-87(107)116)64(3)21-37-102(142)127-73-42-46-118(8)69(53-73)57-94(134)109-85-35-31-82(66(5)23-39-104(144)129-91)123(85,13)98(138)61-89(109)118/h24-27,63-74,79-99,107-110,132-139H,14-23,28-62H2,1-13H3,(H,124,140)(H,125,141)(H,126,143)(H,127,142)(H,128,145)(H,129,144)/t63-,64-,65-,66-,67-,68-,69-,70-,71-,72-,73-,74-,79-,80-,81-,82-,83+,84+,85+,86+,87+,88+,89+,90+,91+,92-,93-,94-,95-,96+,97+,98+,99+,107+,108+,109+,110+,116+,117+,118+,119+,120-,121-,122-,123-/m1/s1. The lowest BCUT2D eigenvalue weighted by atomic mass is 9.43. The number of rotatable bonds is 11. The van der Waals surface area contributed by atoms with Crippen molar-refractivity contribution in [2.45, 2.75) is 439 Å². The molecule has 34 rings (SSSR count). The van der Waals surface area contributed by atoms with E-state index in [0.717, 1.165) is 133 Å². The van der Waals surface area contributed by atoms with Crippen molar-refractivity contribution in [3.8, 4) is 0 Å². The van der Waals surface area contributed by atoms with E-state index < -0.39 is 100 Å². The van der Waals surface area contributed by atoms with Gasteiger partial charge in [-0.1, -0.05) is 96.4 Å². The minimum Gasteiger partial charge on any atom is -0.393 e. The summed E-state index contributed by atoms with van der Waals surface area (Å²) < 4.78 is 0. The van der Waals surface area contributed by atoms with Crippen molar-refractivity contribution in [3.63, 3.8) is 0 Å². The minimum atomic E-state index is -0.975. The van der Waals surface area contributed by atoms with Crippen LogP contribution < -0.4 is 31.9 Å². The summed E-state index contributed by atoms with van der Waals surface area (Å²) in [4.78, 5) is 145. The van der Waals surface area contributed by atoms with Crippen LogP contribution in [-0.4, -0.2) is 208 Å². The normalized spacial score (nSPS) is 48.5. The van der Waals surface area contributed by atoms with E-state index in [-0.39, 0.29) is 296 Å². The van der Waals surface area contributed by atoms with Crippen LogP contribution in [0.25, 0.3) is 10.8 Å². The molecule has 149 heavy (non-hydrogen) atoms. The van der Waals surface area contributed by atoms with Crippen LogP contribution in [-0.2, 0) is 28.8 Å². The van der Waals surface area contributed by atoms with Crippen molar-refractivity contribution in [1.29, 1.82) is 0 Å². The number of carbonyl (C=O) groups is 10. The zero-order valence-electron chi connectivity index (χ0n) is 92.0. The van der Waals surface area contributed by atoms with Crippen molar-refractivity contribution in [1.82, 2.24) is 41.7 Å². The summed E-state index contributed by atoms with van der Waals surface area (Å²) in [7, 11) is 0. The van der Waals surface area contributed by atoms with Gasteiger partial charge in [0.1, 0.15) is 6.04 Å². The SMILES string of the molecule is CCCCN1C(=O)c2ccc3c4c(ccc(c24)C1=O)C(=O)N(CCCC(=O)NCCC[C@@H]1NC(=O)CC[C@@H](C)[C@H]2CC[C@H]4[C@@H]5[C@H](O)C[C@H]6C[C@@H](CC[C@]6(C)[C@H]5C[C@H](O)[C@]24C)NC(=O)CC[C@@H](C)[C@H]2CC[C@H]4[C@@H]5[C@H](O)C[C@H]6C[C@@H](CC[C@]6(C)[C@H]5C[C@H](O)[C@]24C)NC(=O)CC[C@@H](C)[C@H]2CC[C@H]4[C@@H]5[C@H](O)C[C@H]6C[C@@H](CC[C@]6(C)[C@H]5C[C@H](O)[C@]24C)NC(=O)CC[C@@H](C)[C@H]2CC[C@H]4[C@@H]5[C@H](O)C[C@H]6C[C@@H](CC[C@]6(C)[C@H]5C[C@H](O)[C@]24C)NC1=O)C3=O. The molecule has 0 aromatic heterocycles. The number of aliphatic hydroxyl groups excluding tert-OH is 8. The quantitative estimate of drug-likeness (QED) is 0.0734. The summed E-state index contributed by atoms with van der Waals surface area (Å²) in [6, 6.07) is 4.90. The maximum atomic E-state index is 15.3. The molecule has 26 heteroatoms. The van der Waals surface area contributed by atoms with Gasteiger partial charge in [-0.25, -0.2) is 0 Å². The molecule has 0 radical (unpaired) electrons. The van der Waals surface area contributed by atoms with Gasteiger partial charge in [-0.2, -0.15) is 0 Å². The van der Waals surface area contributed by atoms with Crippen molar-refractivity contribution < 1.29 is 88.8 Å². The summed E-state index contributed by atoms with van der Waals surface area (Å²) in [5.41, 5.74) is -1.45. The first kappa shape index (κ1) is 108. The van der Waals surface area contributed by atoms with E-state index in [4.69, 9.17) is 0 Å². The van der Waals surface area contributed by atoms with Crippen LogP contribution in [0, 0.1) is 185 Å². The molecule has 2 aromatic carbocycles. The molecule has 45 atom stereocenters. The van der Waals surface area contributed by atoms with E-state index in [1.165, 1.54) is 4.90 Å². The highest BCUT2D eigenvalue weighted by Gasteiger charge is 2.72. The summed E-state index contributed by atoms with van der Waals surface area (Å²) in [6.45, 7) is 30.0. The van der Waals surface area contributed by atoms with Gasteiger partial charge in [-0.15, -0.1) is 0 Å². The molecule has 16 aliphatic carbocycles. The molecule has 824 valence electrons. The summed E-state index contributed by atoms with van der Waals surface area (Å²) >= 11 is 0. The topological polar surface area (TPSA) is 411 Å². The average Bonchev–Trinajstić information content (AvgIpc) is 1.70. The van der Waals surface area contributed by atoms with Crippen LogP contribution in [0.15, 0.2) is 24.3 Å². The van der Waals surface area contributed by atoms with Gasteiger partial charge in [-0.05, 0) is 441 Å². The third-order valence-electron chi connectivity index (χ3n) is 50.2. The fourth-order valence-corrected chi connectivity index (χ4v) is 41.8. The lowest BCUT2D eigenvalue weighted by molar-refractivity contribution is -0.203. The van der Waals surface area contributed by atoms with Crippen molar-refractivity contribution in [2.24, 2.45) is 185 Å². The Hall–Kier alpha value is -6.52. The summed E-state index contributed by atoms with van der Waals surface area (Å²) in [5.74, 6) is -0.238. The zero-order chi connectivity index (χ0) is 106. The number of unbranched alkanes of at least 4 members (excludes halogenated alkanes) is 1. The van der Waals surface area contributed by atoms with Crippen LogP contribution in [0.4, 0.5) is 0 Å². The maximum Gasteiger partial charge on any atom is 0.261 e. The van der Waals surface area contributed by atoms with Gasteiger partial charge in [0.05, 0.1) is 48.8 Å². The fraction of sp³-hybridized carbons (Fsp3) is 0.837. The van der Waals surface area contributed by atoms with Crippen molar-refractivity contribution >= 4 is 69.8 Å². The monoisotopic (exact) mass is 2060 g/mol. The number of nitrogens with one attached hydrogen (secondary N) is 6. The molecule has 32 aliphatic rings. The molecule has 14 saturated heterocycles. The number of hydrogen-bond acceptors (Lipinski definition) is 18. The van der Waals surface area contributed by atoms with Gasteiger partial charge < -0.3 is 72.8 Å². The lowest BCUT2D eigenvalue weighted by Gasteiger charge is -2.64. The number of benzene rings is 2. The number of aliphatic hydroxyl groups is 8. The van der Waals surface area contributed by atoms with E-state index >= 15 is 4.79 Å². The van der Waals surface area contributed by atoms with E-state index in [1.807, 2.05) is 6.92 Å². The molecule has 0 unspecified atom stereocenters. The Balaban J connectivity index is 0.485. The van der Waals surface area contributed by atoms with Gasteiger partial charge in [-0.3, -0.25) is 57.7 Å². The summed E-state index contributed by atoms with van der Waals surface area (Å²) in [6.07, 6.45) is 23.2. The largest absolute Gasteiger partial charge is 0.393 e. The molecular formula is C123H184N8O18. The molecule has 10 amide bonds. The van der Waals surface area contributed by atoms with Crippen molar-refractivity contribution in [3.05, 3.63) is 46.5 Å². The number of imide groups is 2. The summed E-state index contributed by atoms with van der Waals surface area (Å²) in [5, 5.41) is 123. The molecule has 32 bridgehead atoms. The van der Waals surface area contributed by atoms with E-state index in [9.17, 15) is 84.0 Å². The molecule has 14 N–H and O–H groups in total. The fourth-order valence-electron chi connectivity index (χ4n) is 41.8. The van der Waals surface area contributed by atoms with Gasteiger partial charge in [0, 0.05) is 109 Å². The number of hydrogen-bond donors (Lipinski definition) is 14. The highest BCUT2D eigenvalue weighted by atomic mass is 16.3. The zero-order valence-corrected chi connectivity index (χ0v) is 92.0. The third kappa shape index (κ3) is 17.9. The Morgan fingerprint density at radius 1 is 0.329 bits per heavy atom. The van der Waals surface area contributed by atoms with Crippen LogP contribution >= 0.6 is 0 Å². The second-order valence-electron chi connectivity index (χ2n) is 56.2. The highest BCUT2D eigenvalue weighted by molar-refractivity contribution is 6.33. The first-order valence-electron chi connectivity index (χ1n) is 60.3. The highest BCUT2D eigenvalue weighted by Crippen LogP contribution is 2.75. The van der Waals surface area contributed by atoms with Crippen molar-refractivity contribution in [2.75, 3.05) is 19.6 Å². The molecule has 16 aliphatic heterocycles. The Kier molecular flexibility index (Phi) is 29.6. The Morgan fingerprint density at radius 3 is 0.886 bits per heavy atom. The van der Waals surface area contributed by atoms with Gasteiger partial charge >= 0.3 is 0 Å². The number of carbonyl (C=O) groups excluding carboxylic acids is 10. The molecule has 16 heterocycles. The van der Waals surface area contributed by atoms with Gasteiger partial charge in [0.15, 0.2) is 0 Å². The van der Waals surface area contributed by atoms with E-state index in [1.54, 1.807) is 24.3 Å². The number of amides is 10. The Bertz CT molecular complexity index is 5370. The second kappa shape index (κ2) is 40.8.